The number of carboxylic acids is 1. The Bertz CT molecular complexity index is 836. The molecular weight excluding hydrogens is 334 g/mol. The number of thioether (sulfide) groups is 1. The molecule has 23 heavy (non-hydrogen) atoms. The van der Waals surface area contributed by atoms with E-state index < -0.39 is 5.97 Å². The van der Waals surface area contributed by atoms with Crippen LogP contribution in [0.1, 0.15) is 15.2 Å². The van der Waals surface area contributed by atoms with Crippen molar-refractivity contribution in [3.05, 3.63) is 51.7 Å². The third kappa shape index (κ3) is 3.06. The van der Waals surface area contributed by atoms with Crippen molar-refractivity contribution in [2.24, 2.45) is 0 Å². The summed E-state index contributed by atoms with van der Waals surface area (Å²) >= 11 is 2.40. The van der Waals surface area contributed by atoms with Crippen LogP contribution in [0.5, 0.6) is 0 Å². The maximum Gasteiger partial charge on any atom is 0.335 e. The molecule has 0 atom stereocenters. The van der Waals surface area contributed by atoms with Gasteiger partial charge in [-0.05, 0) is 47.7 Å². The average Bonchev–Trinajstić information content (AvgIpc) is 3.09. The van der Waals surface area contributed by atoms with Gasteiger partial charge in [-0.2, -0.15) is 0 Å². The Morgan fingerprint density at radius 1 is 1.13 bits per heavy atom. The Balaban J connectivity index is 1.85. The molecule has 2 amide bonds. The summed E-state index contributed by atoms with van der Waals surface area (Å²) in [4.78, 5) is 37.5. The molecule has 0 bridgehead atoms. The first-order valence-corrected chi connectivity index (χ1v) is 8.24. The number of rotatable bonds is 3. The molecule has 3 rings (SSSR count). The number of carbonyl (C=O) groups excluding carboxylic acids is 2. The van der Waals surface area contributed by atoms with Crippen LogP contribution in [-0.2, 0) is 4.79 Å². The van der Waals surface area contributed by atoms with Crippen LogP contribution in [0.4, 0.5) is 4.79 Å². The fourth-order valence-electron chi connectivity index (χ4n) is 2.04. The molecule has 0 aliphatic carbocycles. The molecule has 1 aliphatic heterocycles. The second-order valence-electron chi connectivity index (χ2n) is 4.83. The summed E-state index contributed by atoms with van der Waals surface area (Å²) in [5, 5.41) is 8.63. The lowest BCUT2D eigenvalue weighted by atomic mass is 10.1. The number of nitrogens with zero attached hydrogens (tertiary/aromatic N) is 1. The molecule has 1 fully saturated rings. The van der Waals surface area contributed by atoms with Crippen molar-refractivity contribution < 1.29 is 19.5 Å². The second kappa shape index (κ2) is 6.02. The van der Waals surface area contributed by atoms with E-state index in [9.17, 15) is 14.4 Å². The van der Waals surface area contributed by atoms with Gasteiger partial charge in [0, 0.05) is 16.8 Å². The van der Waals surface area contributed by atoms with Crippen LogP contribution in [0.3, 0.4) is 0 Å². The number of amides is 2. The van der Waals surface area contributed by atoms with E-state index in [4.69, 9.17) is 5.11 Å². The molecular formula is C16H11NO4S2. The van der Waals surface area contributed by atoms with E-state index in [2.05, 4.69) is 0 Å². The Morgan fingerprint density at radius 3 is 2.39 bits per heavy atom. The van der Waals surface area contributed by atoms with Crippen molar-refractivity contribution in [2.75, 3.05) is 7.05 Å². The molecule has 0 spiro atoms. The lowest BCUT2D eigenvalue weighted by Crippen LogP contribution is -2.22. The summed E-state index contributed by atoms with van der Waals surface area (Å²) in [6, 6.07) is 10.4. The lowest BCUT2D eigenvalue weighted by Gasteiger charge is -2.00. The summed E-state index contributed by atoms with van der Waals surface area (Å²) in [7, 11) is 1.46. The largest absolute Gasteiger partial charge is 0.478 e. The number of imide groups is 1. The highest BCUT2D eigenvalue weighted by Crippen LogP contribution is 2.34. The number of carboxylic acid groups (broad SMARTS) is 1. The van der Waals surface area contributed by atoms with Crippen LogP contribution >= 0.6 is 23.1 Å². The maximum absolute atomic E-state index is 11.9. The van der Waals surface area contributed by atoms with Gasteiger partial charge in [-0.15, -0.1) is 11.3 Å². The van der Waals surface area contributed by atoms with E-state index >= 15 is 0 Å². The number of hydrogen-bond acceptors (Lipinski definition) is 5. The van der Waals surface area contributed by atoms with Crippen LogP contribution < -0.4 is 0 Å². The fourth-order valence-corrected chi connectivity index (χ4v) is 3.89. The predicted octanol–water partition coefficient (Wildman–Crippen LogP) is 3.78. The van der Waals surface area contributed by atoms with E-state index in [0.29, 0.717) is 4.91 Å². The second-order valence-corrected chi connectivity index (χ2v) is 6.93. The van der Waals surface area contributed by atoms with Crippen LogP contribution in [0.2, 0.25) is 0 Å². The van der Waals surface area contributed by atoms with Gasteiger partial charge >= 0.3 is 5.97 Å². The summed E-state index contributed by atoms with van der Waals surface area (Å²) in [6.45, 7) is 0. The highest BCUT2D eigenvalue weighted by Gasteiger charge is 2.31. The number of likely N-dealkylation sites (N-methyl/N-ethyl adjacent to an activating group) is 1. The molecule has 2 heterocycles. The third-order valence-electron chi connectivity index (χ3n) is 3.30. The van der Waals surface area contributed by atoms with Crippen molar-refractivity contribution >= 4 is 46.3 Å². The van der Waals surface area contributed by atoms with Gasteiger partial charge in [0.05, 0.1) is 10.5 Å². The summed E-state index contributed by atoms with van der Waals surface area (Å²) in [6.07, 6.45) is 1.70. The third-order valence-corrected chi connectivity index (χ3v) is 5.35. The summed E-state index contributed by atoms with van der Waals surface area (Å²) < 4.78 is 0. The van der Waals surface area contributed by atoms with Gasteiger partial charge in [-0.25, -0.2) is 4.79 Å². The van der Waals surface area contributed by atoms with Gasteiger partial charge in [-0.1, -0.05) is 12.1 Å². The fraction of sp³-hybridized carbons (Fsp3) is 0.0625. The van der Waals surface area contributed by atoms with Gasteiger partial charge in [0.25, 0.3) is 11.1 Å². The molecule has 0 unspecified atom stereocenters. The predicted molar refractivity (Wildman–Crippen MR) is 90.4 cm³/mol. The summed E-state index contributed by atoms with van der Waals surface area (Å²) in [5.74, 6) is -1.25. The molecule has 0 radical (unpaired) electrons. The van der Waals surface area contributed by atoms with Crippen molar-refractivity contribution in [3.8, 4) is 10.4 Å². The minimum Gasteiger partial charge on any atom is -0.478 e. The highest BCUT2D eigenvalue weighted by molar-refractivity contribution is 8.18. The van der Waals surface area contributed by atoms with Gasteiger partial charge < -0.3 is 5.11 Å². The normalized spacial score (nSPS) is 16.4. The zero-order chi connectivity index (χ0) is 16.6. The van der Waals surface area contributed by atoms with Crippen molar-refractivity contribution in [1.29, 1.82) is 0 Å². The van der Waals surface area contributed by atoms with Crippen LogP contribution in [0.15, 0.2) is 41.3 Å². The van der Waals surface area contributed by atoms with E-state index in [1.807, 2.05) is 12.1 Å². The number of carbonyl (C=O) groups is 3. The van der Waals surface area contributed by atoms with Gasteiger partial charge in [0.2, 0.25) is 0 Å². The van der Waals surface area contributed by atoms with E-state index in [0.717, 1.165) is 32.0 Å². The molecule has 1 N–H and O–H groups in total. The highest BCUT2D eigenvalue weighted by atomic mass is 32.2. The number of thiophene rings is 1. The van der Waals surface area contributed by atoms with Gasteiger partial charge in [0.1, 0.15) is 0 Å². The molecule has 1 saturated heterocycles. The first-order valence-electron chi connectivity index (χ1n) is 6.61. The quantitative estimate of drug-likeness (QED) is 0.857. The molecule has 1 aromatic heterocycles. The SMILES string of the molecule is CN1C(=O)S/C(=C\c2ccc(-c3ccc(C(=O)O)cc3)s2)C1=O. The van der Waals surface area contributed by atoms with E-state index in [1.165, 1.54) is 18.4 Å². The van der Waals surface area contributed by atoms with Crippen molar-refractivity contribution in [2.45, 2.75) is 0 Å². The standard InChI is InChI=1S/C16H11NO4S2/c1-17-14(18)13(23-16(17)21)8-11-6-7-12(22-11)9-2-4-10(5-3-9)15(19)20/h2-8H,1H3,(H,19,20)/b13-8-. The van der Waals surface area contributed by atoms with Crippen molar-refractivity contribution in [1.82, 2.24) is 4.90 Å². The average molecular weight is 345 g/mol. The zero-order valence-electron chi connectivity index (χ0n) is 12.0. The van der Waals surface area contributed by atoms with Crippen LogP contribution in [0.25, 0.3) is 16.5 Å². The van der Waals surface area contributed by atoms with Crippen LogP contribution in [-0.4, -0.2) is 34.2 Å². The molecule has 5 nitrogen and oxygen atoms in total. The molecule has 1 aliphatic rings. The molecule has 116 valence electrons. The minimum atomic E-state index is -0.960. The number of hydrogen-bond donors (Lipinski definition) is 1. The minimum absolute atomic E-state index is 0.238. The molecule has 2 aromatic rings. The smallest absolute Gasteiger partial charge is 0.335 e. The number of benzene rings is 1. The molecule has 1 aromatic carbocycles. The zero-order valence-corrected chi connectivity index (χ0v) is 13.6. The monoisotopic (exact) mass is 345 g/mol. The first-order chi connectivity index (χ1) is 11.0. The van der Waals surface area contributed by atoms with E-state index in [1.54, 1.807) is 30.3 Å². The molecule has 7 heteroatoms. The van der Waals surface area contributed by atoms with Gasteiger partial charge in [-0.3, -0.25) is 14.5 Å². The van der Waals surface area contributed by atoms with Crippen LogP contribution in [0, 0.1) is 0 Å². The Labute approximate surface area is 140 Å². The number of aromatic carboxylic acids is 1. The Morgan fingerprint density at radius 2 is 1.83 bits per heavy atom. The Hall–Kier alpha value is -2.38. The molecule has 0 saturated carbocycles. The first kappa shape index (κ1) is 15.5. The summed E-state index contributed by atoms with van der Waals surface area (Å²) in [5.41, 5.74) is 1.14. The van der Waals surface area contributed by atoms with Crippen molar-refractivity contribution in [3.63, 3.8) is 0 Å². The topological polar surface area (TPSA) is 74.7 Å². The maximum atomic E-state index is 11.9. The van der Waals surface area contributed by atoms with E-state index in [-0.39, 0.29) is 16.7 Å². The Kier molecular flexibility index (Phi) is 4.06. The lowest BCUT2D eigenvalue weighted by molar-refractivity contribution is -0.121. The van der Waals surface area contributed by atoms with Gasteiger partial charge in [0.15, 0.2) is 0 Å².